The van der Waals surface area contributed by atoms with Gasteiger partial charge in [0.05, 0.1) is 24.4 Å². The summed E-state index contributed by atoms with van der Waals surface area (Å²) in [6.45, 7) is 0. The van der Waals surface area contributed by atoms with Crippen LogP contribution in [0.2, 0.25) is 0 Å². The van der Waals surface area contributed by atoms with Crippen LogP contribution in [0.5, 0.6) is 5.75 Å². The molecule has 0 radical (unpaired) electrons. The van der Waals surface area contributed by atoms with Gasteiger partial charge in [0.1, 0.15) is 11.8 Å². The predicted octanol–water partition coefficient (Wildman–Crippen LogP) is 3.20. The van der Waals surface area contributed by atoms with Crippen LogP contribution in [0.25, 0.3) is 10.9 Å². The SMILES string of the molecule is COc1ccc2[nH]c3c(c2c1)CCC[C@@H]3NC(=O)CC[C@@H]1NC(=O)c2ccccc2NC1=O. The average molecular weight is 447 g/mol. The van der Waals surface area contributed by atoms with E-state index in [0.29, 0.717) is 11.3 Å². The van der Waals surface area contributed by atoms with Gasteiger partial charge in [-0.15, -0.1) is 0 Å². The number of rotatable bonds is 5. The molecule has 0 bridgehead atoms. The number of hydrogen-bond acceptors (Lipinski definition) is 4. The second-order valence-electron chi connectivity index (χ2n) is 8.54. The van der Waals surface area contributed by atoms with Crippen molar-refractivity contribution in [2.75, 3.05) is 12.4 Å². The van der Waals surface area contributed by atoms with E-state index in [1.54, 1.807) is 31.4 Å². The molecule has 0 spiro atoms. The van der Waals surface area contributed by atoms with E-state index in [1.165, 1.54) is 5.56 Å². The predicted molar refractivity (Wildman–Crippen MR) is 124 cm³/mol. The zero-order valence-electron chi connectivity index (χ0n) is 18.4. The van der Waals surface area contributed by atoms with Gasteiger partial charge in [0.15, 0.2) is 0 Å². The smallest absolute Gasteiger partial charge is 0.254 e. The van der Waals surface area contributed by atoms with Gasteiger partial charge in [0.2, 0.25) is 11.8 Å². The third-order valence-corrected chi connectivity index (χ3v) is 6.46. The van der Waals surface area contributed by atoms with Crippen LogP contribution >= 0.6 is 0 Å². The maximum atomic E-state index is 12.8. The van der Waals surface area contributed by atoms with Crippen LogP contribution in [0, 0.1) is 0 Å². The molecule has 0 fully saturated rings. The van der Waals surface area contributed by atoms with Crippen molar-refractivity contribution in [3.8, 4) is 5.75 Å². The van der Waals surface area contributed by atoms with Crippen molar-refractivity contribution in [3.05, 3.63) is 59.3 Å². The highest BCUT2D eigenvalue weighted by Crippen LogP contribution is 2.36. The van der Waals surface area contributed by atoms with E-state index in [9.17, 15) is 14.4 Å². The van der Waals surface area contributed by atoms with Gasteiger partial charge in [-0.25, -0.2) is 0 Å². The summed E-state index contributed by atoms with van der Waals surface area (Å²) in [5, 5.41) is 9.76. The number of aromatic amines is 1. The van der Waals surface area contributed by atoms with Crippen LogP contribution in [-0.2, 0) is 16.0 Å². The van der Waals surface area contributed by atoms with E-state index < -0.39 is 6.04 Å². The van der Waals surface area contributed by atoms with Gasteiger partial charge in [0, 0.05) is 23.0 Å². The van der Waals surface area contributed by atoms with Crippen molar-refractivity contribution in [3.63, 3.8) is 0 Å². The molecule has 1 aliphatic heterocycles. The van der Waals surface area contributed by atoms with Crippen LogP contribution in [0.1, 0.15) is 53.3 Å². The van der Waals surface area contributed by atoms with Gasteiger partial charge < -0.3 is 25.7 Å². The second-order valence-corrected chi connectivity index (χ2v) is 8.54. The van der Waals surface area contributed by atoms with Crippen molar-refractivity contribution >= 4 is 34.3 Å². The lowest BCUT2D eigenvalue weighted by Crippen LogP contribution is -2.42. The molecule has 33 heavy (non-hydrogen) atoms. The summed E-state index contributed by atoms with van der Waals surface area (Å²) in [6, 6.07) is 11.9. The lowest BCUT2D eigenvalue weighted by Gasteiger charge is -2.24. The first kappa shape index (κ1) is 21.1. The van der Waals surface area contributed by atoms with Crippen molar-refractivity contribution in [1.82, 2.24) is 15.6 Å². The highest BCUT2D eigenvalue weighted by Gasteiger charge is 2.29. The van der Waals surface area contributed by atoms with Crippen molar-refractivity contribution in [2.24, 2.45) is 0 Å². The monoisotopic (exact) mass is 446 g/mol. The molecule has 8 heteroatoms. The average Bonchev–Trinajstić information content (AvgIpc) is 3.15. The molecular weight excluding hydrogens is 420 g/mol. The highest BCUT2D eigenvalue weighted by atomic mass is 16.5. The number of amides is 3. The zero-order chi connectivity index (χ0) is 22.9. The number of para-hydroxylation sites is 1. The molecule has 5 rings (SSSR count). The first-order valence-electron chi connectivity index (χ1n) is 11.2. The molecule has 0 unspecified atom stereocenters. The number of H-pyrrole nitrogens is 1. The maximum absolute atomic E-state index is 12.8. The Morgan fingerprint density at radius 1 is 1.18 bits per heavy atom. The minimum atomic E-state index is -0.766. The van der Waals surface area contributed by atoms with Crippen LogP contribution in [0.3, 0.4) is 0 Å². The van der Waals surface area contributed by atoms with E-state index in [4.69, 9.17) is 4.74 Å². The van der Waals surface area contributed by atoms with E-state index >= 15 is 0 Å². The Morgan fingerprint density at radius 3 is 2.88 bits per heavy atom. The Hall–Kier alpha value is -3.81. The van der Waals surface area contributed by atoms with Crippen LogP contribution in [0.15, 0.2) is 42.5 Å². The molecule has 2 aliphatic rings. The molecule has 170 valence electrons. The molecule has 3 aromatic rings. The fourth-order valence-electron chi connectivity index (χ4n) is 4.77. The number of benzene rings is 2. The normalized spacial score (nSPS) is 19.7. The quantitative estimate of drug-likeness (QED) is 0.482. The number of ether oxygens (including phenoxy) is 1. The largest absolute Gasteiger partial charge is 0.497 e. The Balaban J connectivity index is 1.25. The summed E-state index contributed by atoms with van der Waals surface area (Å²) in [5.41, 5.74) is 4.18. The number of anilines is 1. The van der Waals surface area contributed by atoms with E-state index in [2.05, 4.69) is 20.9 Å². The third-order valence-electron chi connectivity index (χ3n) is 6.46. The summed E-state index contributed by atoms with van der Waals surface area (Å²) in [5.74, 6) is 0.0274. The second kappa shape index (κ2) is 8.61. The molecule has 2 aromatic carbocycles. The summed E-state index contributed by atoms with van der Waals surface area (Å²) in [7, 11) is 1.65. The zero-order valence-corrected chi connectivity index (χ0v) is 18.4. The summed E-state index contributed by atoms with van der Waals surface area (Å²) >= 11 is 0. The topological polar surface area (TPSA) is 112 Å². The first-order chi connectivity index (χ1) is 16.0. The Bertz CT molecular complexity index is 1250. The Morgan fingerprint density at radius 2 is 2.03 bits per heavy atom. The Kier molecular flexibility index (Phi) is 5.50. The number of aryl methyl sites for hydroxylation is 1. The summed E-state index contributed by atoms with van der Waals surface area (Å²) < 4.78 is 5.36. The van der Waals surface area contributed by atoms with E-state index in [0.717, 1.165) is 41.6 Å². The van der Waals surface area contributed by atoms with Crippen molar-refractivity contribution in [1.29, 1.82) is 0 Å². The molecule has 2 heterocycles. The van der Waals surface area contributed by atoms with Crippen LogP contribution in [0.4, 0.5) is 5.69 Å². The molecule has 2 atom stereocenters. The van der Waals surface area contributed by atoms with Gasteiger partial charge in [-0.2, -0.15) is 0 Å². The number of hydrogen-bond donors (Lipinski definition) is 4. The molecule has 4 N–H and O–H groups in total. The Labute approximate surface area is 191 Å². The summed E-state index contributed by atoms with van der Waals surface area (Å²) in [4.78, 5) is 41.3. The number of carbonyl (C=O) groups excluding carboxylic acids is 3. The van der Waals surface area contributed by atoms with Crippen LogP contribution < -0.4 is 20.7 Å². The standard InChI is InChI=1S/C25H26N4O4/c1-33-14-9-10-19-17(13-14)15-6-4-8-20(23(15)27-19)26-22(30)12-11-21-25(32)28-18-7-3-2-5-16(18)24(31)29-21/h2-3,5,7,9-10,13,20-21,27H,4,6,8,11-12H2,1H3,(H,26,30)(H,28,32)(H,29,31)/t20-,21-/m0/s1. The highest BCUT2D eigenvalue weighted by molar-refractivity contribution is 6.09. The number of carbonyl (C=O) groups is 3. The molecule has 8 nitrogen and oxygen atoms in total. The van der Waals surface area contributed by atoms with E-state index in [1.807, 2.05) is 18.2 Å². The van der Waals surface area contributed by atoms with Gasteiger partial charge in [0.25, 0.3) is 5.91 Å². The third kappa shape index (κ3) is 4.04. The maximum Gasteiger partial charge on any atom is 0.254 e. The van der Waals surface area contributed by atoms with Crippen LogP contribution in [-0.4, -0.2) is 35.9 Å². The number of nitrogens with one attached hydrogen (secondary N) is 4. The van der Waals surface area contributed by atoms with Gasteiger partial charge in [-0.3, -0.25) is 14.4 Å². The minimum absolute atomic E-state index is 0.110. The van der Waals surface area contributed by atoms with E-state index in [-0.39, 0.29) is 36.6 Å². The fraction of sp³-hybridized carbons (Fsp3) is 0.320. The van der Waals surface area contributed by atoms with Gasteiger partial charge in [-0.1, -0.05) is 12.1 Å². The summed E-state index contributed by atoms with van der Waals surface area (Å²) in [6.07, 6.45) is 3.12. The van der Waals surface area contributed by atoms with Gasteiger partial charge >= 0.3 is 0 Å². The molecule has 0 saturated heterocycles. The first-order valence-corrected chi connectivity index (χ1v) is 11.2. The number of methoxy groups -OCH3 is 1. The molecular formula is C25H26N4O4. The van der Waals surface area contributed by atoms with Crippen molar-refractivity contribution < 1.29 is 19.1 Å². The number of aromatic nitrogens is 1. The minimum Gasteiger partial charge on any atom is -0.497 e. The lowest BCUT2D eigenvalue weighted by atomic mass is 9.91. The molecule has 3 amide bonds. The molecule has 0 saturated carbocycles. The van der Waals surface area contributed by atoms with Crippen molar-refractivity contribution in [2.45, 2.75) is 44.2 Å². The molecule has 1 aromatic heterocycles. The lowest BCUT2D eigenvalue weighted by molar-refractivity contribution is -0.122. The number of fused-ring (bicyclic) bond motifs is 4. The fourth-order valence-corrected chi connectivity index (χ4v) is 4.77. The van der Waals surface area contributed by atoms with Gasteiger partial charge in [-0.05, 0) is 61.6 Å². The molecule has 1 aliphatic carbocycles.